The molecule has 1 fully saturated rings. The Balaban J connectivity index is 2.41. The average Bonchev–Trinajstić information content (AvgIpc) is 2.18. The van der Waals surface area contributed by atoms with Gasteiger partial charge >= 0.3 is 0 Å². The maximum absolute atomic E-state index is 9.70. The Bertz CT molecular complexity index is 388. The third-order valence-electron chi connectivity index (χ3n) is 2.46. The molecule has 0 saturated carbocycles. The van der Waals surface area contributed by atoms with Crippen LogP contribution in [-0.4, -0.2) is 45.5 Å². The van der Waals surface area contributed by atoms with E-state index < -0.39 is 25.0 Å². The van der Waals surface area contributed by atoms with Crippen LogP contribution >= 0.6 is 0 Å². The lowest BCUT2D eigenvalue weighted by atomic mass is 10.2. The van der Waals surface area contributed by atoms with E-state index in [1.807, 2.05) is 0 Å². The number of nitrogen functional groups attached to an aromatic ring is 1. The number of hydrogen-bond acceptors (Lipinski definition) is 7. The number of anilines is 2. The van der Waals surface area contributed by atoms with Crippen molar-refractivity contribution in [2.75, 3.05) is 23.8 Å². The highest BCUT2D eigenvalue weighted by atomic mass is 16.6. The zero-order valence-corrected chi connectivity index (χ0v) is 8.95. The van der Waals surface area contributed by atoms with Crippen LogP contribution in [0.2, 0.25) is 0 Å². The minimum atomic E-state index is -2.50. The van der Waals surface area contributed by atoms with Gasteiger partial charge in [0.15, 0.2) is 0 Å². The Morgan fingerprint density at radius 3 is 1.94 bits per heavy atom. The topological polar surface area (TPSA) is 119 Å². The predicted molar refractivity (Wildman–Crippen MR) is 58.5 cm³/mol. The van der Waals surface area contributed by atoms with Crippen molar-refractivity contribution in [3.05, 3.63) is 24.3 Å². The van der Waals surface area contributed by atoms with E-state index >= 15 is 0 Å². The molecule has 0 unspecified atom stereocenters. The van der Waals surface area contributed by atoms with Crippen molar-refractivity contribution in [3.63, 3.8) is 0 Å². The summed E-state index contributed by atoms with van der Waals surface area (Å²) in [7, 11) is 0. The highest BCUT2D eigenvalue weighted by Crippen LogP contribution is 2.31. The van der Waals surface area contributed by atoms with Crippen molar-refractivity contribution < 1.29 is 25.2 Å². The molecule has 0 radical (unpaired) electrons. The molecule has 0 bridgehead atoms. The molecule has 0 aromatic heterocycles. The molecule has 17 heavy (non-hydrogen) atoms. The number of nitrogens with two attached hydrogens (primary N) is 1. The van der Waals surface area contributed by atoms with E-state index in [9.17, 15) is 20.4 Å². The van der Waals surface area contributed by atoms with E-state index in [-0.39, 0.29) is 5.69 Å². The monoisotopic (exact) mass is 242 g/mol. The molecule has 1 saturated heterocycles. The van der Waals surface area contributed by atoms with Gasteiger partial charge in [-0.3, -0.25) is 4.90 Å². The number of aliphatic hydroxyl groups is 4. The van der Waals surface area contributed by atoms with Crippen molar-refractivity contribution in [1.29, 1.82) is 0 Å². The fraction of sp³-hybridized carbons (Fsp3) is 0.400. The molecule has 0 atom stereocenters. The molecule has 0 aliphatic carbocycles. The molecule has 7 heteroatoms. The Hall–Kier alpha value is -1.38. The first kappa shape index (κ1) is 12.1. The molecular weight excluding hydrogens is 228 g/mol. The molecule has 7 nitrogen and oxygen atoms in total. The number of rotatable bonds is 1. The summed E-state index contributed by atoms with van der Waals surface area (Å²) in [5, 5.41) is 38.8. The van der Waals surface area contributed by atoms with Crippen molar-refractivity contribution in [1.82, 2.24) is 0 Å². The average molecular weight is 242 g/mol. The van der Waals surface area contributed by atoms with Crippen molar-refractivity contribution in [2.24, 2.45) is 0 Å². The largest absolute Gasteiger partial charge is 0.399 e. The Labute approximate surface area is 97.3 Å². The van der Waals surface area contributed by atoms with Crippen LogP contribution in [0.15, 0.2) is 24.3 Å². The van der Waals surface area contributed by atoms with Crippen LogP contribution in [0.25, 0.3) is 0 Å². The summed E-state index contributed by atoms with van der Waals surface area (Å²) in [6.07, 6.45) is 0. The smallest absolute Gasteiger partial charge is 0.275 e. The maximum Gasteiger partial charge on any atom is 0.275 e. The number of nitrogens with zero attached hydrogens (tertiary/aromatic N) is 1. The van der Waals surface area contributed by atoms with Crippen LogP contribution in [0.5, 0.6) is 0 Å². The van der Waals surface area contributed by atoms with Gasteiger partial charge in [-0.2, -0.15) is 0 Å². The highest BCUT2D eigenvalue weighted by molar-refractivity contribution is 5.55. The summed E-state index contributed by atoms with van der Waals surface area (Å²) >= 11 is 0. The summed E-state index contributed by atoms with van der Waals surface area (Å²) in [4.78, 5) is 0.656. The molecule has 0 amide bonds. The van der Waals surface area contributed by atoms with E-state index in [1.54, 1.807) is 0 Å². The van der Waals surface area contributed by atoms with E-state index in [1.165, 1.54) is 24.3 Å². The van der Waals surface area contributed by atoms with Crippen LogP contribution in [0.1, 0.15) is 0 Å². The first-order valence-electron chi connectivity index (χ1n) is 4.96. The molecule has 2 rings (SSSR count). The maximum atomic E-state index is 9.70. The lowest BCUT2D eigenvalue weighted by molar-refractivity contribution is -0.317. The second-order valence-electron chi connectivity index (χ2n) is 3.97. The van der Waals surface area contributed by atoms with Gasteiger partial charge in [-0.15, -0.1) is 0 Å². The summed E-state index contributed by atoms with van der Waals surface area (Å²) in [5.41, 5.74) is 6.18. The summed E-state index contributed by atoms with van der Waals surface area (Å²) < 4.78 is 4.71. The van der Waals surface area contributed by atoms with Gasteiger partial charge in [-0.1, -0.05) is 0 Å². The van der Waals surface area contributed by atoms with Crippen LogP contribution < -0.4 is 10.6 Å². The predicted octanol–water partition coefficient (Wildman–Crippen LogP) is -1.62. The van der Waals surface area contributed by atoms with Gasteiger partial charge in [0, 0.05) is 11.4 Å². The molecule has 1 heterocycles. The van der Waals surface area contributed by atoms with Gasteiger partial charge in [0.2, 0.25) is 0 Å². The number of morpholine rings is 1. The minimum Gasteiger partial charge on any atom is -0.399 e. The second kappa shape index (κ2) is 3.83. The first-order chi connectivity index (χ1) is 7.83. The molecule has 1 aromatic carbocycles. The van der Waals surface area contributed by atoms with Crippen LogP contribution in [-0.2, 0) is 4.74 Å². The van der Waals surface area contributed by atoms with Gasteiger partial charge < -0.3 is 30.9 Å². The third kappa shape index (κ3) is 2.19. The number of hydrogen-bond donors (Lipinski definition) is 5. The molecule has 0 spiro atoms. The highest BCUT2D eigenvalue weighted by Gasteiger charge is 2.50. The Kier molecular flexibility index (Phi) is 2.72. The van der Waals surface area contributed by atoms with Crippen LogP contribution in [0.3, 0.4) is 0 Å². The standard InChI is InChI=1S/C10H14N2O5/c11-7-1-3-8(4-2-7)12-9(13,14)5-17-6-10(12,15)16/h1-4,13-16H,5-6,11H2. The van der Waals surface area contributed by atoms with Gasteiger partial charge in [-0.05, 0) is 24.3 Å². The molecule has 94 valence electrons. The summed E-state index contributed by atoms with van der Waals surface area (Å²) in [6, 6.07) is 5.92. The van der Waals surface area contributed by atoms with Crippen molar-refractivity contribution in [2.45, 2.75) is 11.8 Å². The minimum absolute atomic E-state index is 0.206. The van der Waals surface area contributed by atoms with Crippen molar-refractivity contribution in [3.8, 4) is 0 Å². The zero-order valence-electron chi connectivity index (χ0n) is 8.95. The van der Waals surface area contributed by atoms with Gasteiger partial charge in [0.25, 0.3) is 11.8 Å². The van der Waals surface area contributed by atoms with E-state index in [2.05, 4.69) is 0 Å². The van der Waals surface area contributed by atoms with Gasteiger partial charge in [0.1, 0.15) is 13.2 Å². The molecule has 1 aliphatic heterocycles. The Morgan fingerprint density at radius 2 is 1.47 bits per heavy atom. The zero-order chi connectivity index (χ0) is 12.7. The molecule has 6 N–H and O–H groups in total. The fourth-order valence-electron chi connectivity index (χ4n) is 1.78. The molecular formula is C10H14N2O5. The quantitative estimate of drug-likeness (QED) is 0.296. The second-order valence-corrected chi connectivity index (χ2v) is 3.97. The Morgan fingerprint density at radius 1 is 1.00 bits per heavy atom. The third-order valence-corrected chi connectivity index (χ3v) is 2.46. The van der Waals surface area contributed by atoms with Crippen molar-refractivity contribution >= 4 is 11.4 Å². The lowest BCUT2D eigenvalue weighted by Gasteiger charge is -2.47. The SMILES string of the molecule is Nc1ccc(N2C(O)(O)COCC2(O)O)cc1. The van der Waals surface area contributed by atoms with E-state index in [4.69, 9.17) is 10.5 Å². The normalized spacial score (nSPS) is 22.5. The molecule has 1 aliphatic rings. The summed E-state index contributed by atoms with van der Waals surface area (Å²) in [6.45, 7) is -0.916. The van der Waals surface area contributed by atoms with Crippen LogP contribution in [0, 0.1) is 0 Å². The lowest BCUT2D eigenvalue weighted by Crippen LogP contribution is -2.69. The molecule has 1 aromatic rings. The fourth-order valence-corrected chi connectivity index (χ4v) is 1.78. The van der Waals surface area contributed by atoms with Crippen LogP contribution in [0.4, 0.5) is 11.4 Å². The van der Waals surface area contributed by atoms with Gasteiger partial charge in [-0.25, -0.2) is 0 Å². The van der Waals surface area contributed by atoms with E-state index in [0.29, 0.717) is 10.6 Å². The first-order valence-corrected chi connectivity index (χ1v) is 4.96. The summed E-state index contributed by atoms with van der Waals surface area (Å²) in [5.74, 6) is -5.00. The van der Waals surface area contributed by atoms with E-state index in [0.717, 1.165) is 0 Å². The number of ether oxygens (including phenoxy) is 1. The number of benzene rings is 1. The van der Waals surface area contributed by atoms with Gasteiger partial charge in [0.05, 0.1) is 0 Å².